The van der Waals surface area contributed by atoms with Crippen molar-refractivity contribution < 1.29 is 8.78 Å². The highest BCUT2D eigenvalue weighted by Gasteiger charge is 2.33. The minimum atomic E-state index is -0.889. The first kappa shape index (κ1) is 6.58. The molecule has 0 radical (unpaired) electrons. The second-order valence-corrected chi connectivity index (χ2v) is 2.37. The second kappa shape index (κ2) is 2.37. The van der Waals surface area contributed by atoms with Gasteiger partial charge in [0.25, 0.3) is 0 Å². The molecule has 0 fully saturated rings. The average Bonchev–Trinajstić information content (AvgIpc) is 2.36. The van der Waals surface area contributed by atoms with E-state index in [0.29, 0.717) is 0 Å². The van der Waals surface area contributed by atoms with E-state index in [1.807, 2.05) is 0 Å². The van der Waals surface area contributed by atoms with Gasteiger partial charge in [-0.25, -0.2) is 0 Å². The first-order chi connectivity index (χ1) is 4.33. The molecule has 9 heavy (non-hydrogen) atoms. The molecule has 0 saturated carbocycles. The molecule has 0 amide bonds. The lowest BCUT2D eigenvalue weighted by Crippen LogP contribution is -2.29. The Morgan fingerprint density at radius 2 is 1.56 bits per heavy atom. The Hall–Kier alpha value is -0.540. The first-order valence-corrected chi connectivity index (χ1v) is 2.78. The molecule has 52 valence electrons. The molecule has 4 heteroatoms. The smallest absolute Gasteiger partial charge is 0.101 e. The van der Waals surface area contributed by atoms with E-state index in [4.69, 9.17) is 0 Å². The van der Waals surface area contributed by atoms with Gasteiger partial charge in [0.2, 0.25) is 0 Å². The van der Waals surface area contributed by atoms with Crippen molar-refractivity contribution in [3.8, 4) is 0 Å². The lowest BCUT2D eigenvalue weighted by atomic mass is 9.93. The summed E-state index contributed by atoms with van der Waals surface area (Å²) in [6, 6.07) is 0. The maximum atomic E-state index is 12.0. The number of azo groups is 1. The molecule has 0 aliphatic carbocycles. The maximum Gasteiger partial charge on any atom is 0.101 e. The summed E-state index contributed by atoms with van der Waals surface area (Å²) in [6.07, 6.45) is 0. The Kier molecular flexibility index (Phi) is 1.73. The summed E-state index contributed by atoms with van der Waals surface area (Å²) in [7, 11) is 0. The summed E-state index contributed by atoms with van der Waals surface area (Å²) in [5.74, 6) is 0. The third kappa shape index (κ3) is 1.06. The fourth-order valence-corrected chi connectivity index (χ4v) is 0.655. The van der Waals surface area contributed by atoms with Crippen LogP contribution in [-0.2, 0) is 0 Å². The Labute approximate surface area is 52.0 Å². The third-order valence-corrected chi connectivity index (χ3v) is 1.48. The molecule has 0 N–H and O–H groups in total. The molecule has 0 aromatic heterocycles. The van der Waals surface area contributed by atoms with Crippen LogP contribution in [0.15, 0.2) is 10.2 Å². The maximum absolute atomic E-state index is 12.0. The van der Waals surface area contributed by atoms with Crippen LogP contribution in [0.25, 0.3) is 0 Å². The van der Waals surface area contributed by atoms with E-state index in [1.54, 1.807) is 0 Å². The predicted octanol–water partition coefficient (Wildman–Crippen LogP) is 1.38. The van der Waals surface area contributed by atoms with Crippen LogP contribution in [0.1, 0.15) is 0 Å². The van der Waals surface area contributed by atoms with E-state index in [9.17, 15) is 8.78 Å². The van der Waals surface area contributed by atoms with E-state index >= 15 is 0 Å². The number of hydrogen-bond acceptors (Lipinski definition) is 2. The van der Waals surface area contributed by atoms with E-state index in [1.165, 1.54) is 0 Å². The van der Waals surface area contributed by atoms with Gasteiger partial charge in [-0.1, -0.05) is 0 Å². The third-order valence-electron chi connectivity index (χ3n) is 1.48. The number of halogens is 2. The van der Waals surface area contributed by atoms with Gasteiger partial charge in [-0.15, -0.1) is 0 Å². The van der Waals surface area contributed by atoms with E-state index in [0.717, 1.165) is 0 Å². The minimum absolute atomic E-state index is 0.208. The van der Waals surface area contributed by atoms with Gasteiger partial charge in [-0.05, 0) is 0 Å². The van der Waals surface area contributed by atoms with Crippen molar-refractivity contribution in [2.24, 2.45) is 15.6 Å². The van der Waals surface area contributed by atoms with Crippen LogP contribution in [0.5, 0.6) is 0 Å². The number of alkyl halides is 2. The Morgan fingerprint density at radius 1 is 1.11 bits per heavy atom. The molecule has 1 heterocycles. The van der Waals surface area contributed by atoms with Gasteiger partial charge in [0.05, 0.1) is 18.5 Å². The standard InChI is InChI=1S/C5H8F2N2/c6-1-5(2-7)3-8-9-4-5/h1-4H2. The number of nitrogens with zero attached hydrogens (tertiary/aromatic N) is 2. The monoisotopic (exact) mass is 134 g/mol. The largest absolute Gasteiger partial charge is 0.250 e. The van der Waals surface area contributed by atoms with Crippen LogP contribution in [0.2, 0.25) is 0 Å². The van der Waals surface area contributed by atoms with Gasteiger partial charge in [-0.2, -0.15) is 10.2 Å². The van der Waals surface area contributed by atoms with Crippen LogP contribution in [0.4, 0.5) is 8.78 Å². The van der Waals surface area contributed by atoms with Crippen LogP contribution in [0, 0.1) is 5.41 Å². The normalized spacial score (nSPS) is 22.9. The summed E-state index contributed by atoms with van der Waals surface area (Å²) in [5, 5.41) is 7.05. The molecule has 0 aromatic rings. The molecule has 0 aromatic carbocycles. The number of hydrogen-bond donors (Lipinski definition) is 0. The predicted molar refractivity (Wildman–Crippen MR) is 29.0 cm³/mol. The molecule has 1 aliphatic rings. The van der Waals surface area contributed by atoms with Gasteiger partial charge in [0, 0.05) is 0 Å². The SMILES string of the molecule is FCC1(CF)CN=NC1. The van der Waals surface area contributed by atoms with Crippen molar-refractivity contribution >= 4 is 0 Å². The summed E-state index contributed by atoms with van der Waals surface area (Å²) in [5.41, 5.74) is -0.889. The second-order valence-electron chi connectivity index (χ2n) is 2.37. The van der Waals surface area contributed by atoms with Crippen molar-refractivity contribution in [3.63, 3.8) is 0 Å². The van der Waals surface area contributed by atoms with Crippen molar-refractivity contribution in [1.82, 2.24) is 0 Å². The van der Waals surface area contributed by atoms with Crippen molar-refractivity contribution in [1.29, 1.82) is 0 Å². The van der Waals surface area contributed by atoms with E-state index in [-0.39, 0.29) is 13.1 Å². The summed E-state index contributed by atoms with van der Waals surface area (Å²) in [6.45, 7) is -0.896. The topological polar surface area (TPSA) is 24.7 Å². The van der Waals surface area contributed by atoms with E-state index < -0.39 is 18.8 Å². The van der Waals surface area contributed by atoms with Gasteiger partial charge in [-0.3, -0.25) is 8.78 Å². The molecule has 1 rings (SSSR count). The highest BCUT2D eigenvalue weighted by Crippen LogP contribution is 2.24. The fraction of sp³-hybridized carbons (Fsp3) is 1.00. The molecule has 0 atom stereocenters. The molecule has 0 unspecified atom stereocenters. The van der Waals surface area contributed by atoms with Crippen LogP contribution in [-0.4, -0.2) is 26.4 Å². The van der Waals surface area contributed by atoms with Gasteiger partial charge in [0.1, 0.15) is 13.3 Å². The molecular weight excluding hydrogens is 126 g/mol. The summed E-state index contributed by atoms with van der Waals surface area (Å²) < 4.78 is 24.0. The quantitative estimate of drug-likeness (QED) is 0.545. The van der Waals surface area contributed by atoms with Gasteiger partial charge < -0.3 is 0 Å². The van der Waals surface area contributed by atoms with Gasteiger partial charge >= 0.3 is 0 Å². The number of rotatable bonds is 2. The minimum Gasteiger partial charge on any atom is -0.250 e. The average molecular weight is 134 g/mol. The van der Waals surface area contributed by atoms with E-state index in [2.05, 4.69) is 10.2 Å². The van der Waals surface area contributed by atoms with Crippen LogP contribution < -0.4 is 0 Å². The molecule has 2 nitrogen and oxygen atoms in total. The summed E-state index contributed by atoms with van der Waals surface area (Å²) >= 11 is 0. The van der Waals surface area contributed by atoms with Crippen molar-refractivity contribution in [2.45, 2.75) is 0 Å². The Morgan fingerprint density at radius 3 is 1.78 bits per heavy atom. The molecular formula is C5H8F2N2. The lowest BCUT2D eigenvalue weighted by molar-refractivity contribution is 0.187. The zero-order valence-corrected chi connectivity index (χ0v) is 4.98. The Bertz CT molecular complexity index is 110. The molecule has 0 saturated heterocycles. The highest BCUT2D eigenvalue weighted by atomic mass is 19.1. The summed E-state index contributed by atoms with van der Waals surface area (Å²) in [4.78, 5) is 0. The molecule has 0 spiro atoms. The fourth-order valence-electron chi connectivity index (χ4n) is 0.655. The zero-order valence-electron chi connectivity index (χ0n) is 4.98. The lowest BCUT2D eigenvalue weighted by Gasteiger charge is -2.16. The van der Waals surface area contributed by atoms with Crippen LogP contribution >= 0.6 is 0 Å². The molecule has 0 bridgehead atoms. The Balaban J connectivity index is 2.50. The molecule has 1 aliphatic heterocycles. The van der Waals surface area contributed by atoms with Crippen molar-refractivity contribution in [2.75, 3.05) is 26.4 Å². The van der Waals surface area contributed by atoms with Gasteiger partial charge in [0.15, 0.2) is 0 Å². The van der Waals surface area contributed by atoms with Crippen LogP contribution in [0.3, 0.4) is 0 Å². The zero-order chi connectivity index (χ0) is 6.74. The highest BCUT2D eigenvalue weighted by molar-refractivity contribution is 4.85. The first-order valence-electron chi connectivity index (χ1n) is 2.78. The van der Waals surface area contributed by atoms with Crippen molar-refractivity contribution in [3.05, 3.63) is 0 Å².